The first kappa shape index (κ1) is 23.1. The summed E-state index contributed by atoms with van der Waals surface area (Å²) in [4.78, 5) is 27.5. The van der Waals surface area contributed by atoms with Crippen LogP contribution < -0.4 is 9.47 Å². The third-order valence-corrected chi connectivity index (χ3v) is 5.44. The molecular formula is C26H24FNO6. The van der Waals surface area contributed by atoms with Gasteiger partial charge in [-0.1, -0.05) is 12.1 Å². The molecule has 0 saturated carbocycles. The van der Waals surface area contributed by atoms with Gasteiger partial charge in [-0.3, -0.25) is 9.59 Å². The summed E-state index contributed by atoms with van der Waals surface area (Å²) in [6.45, 7) is 4.43. The van der Waals surface area contributed by atoms with Gasteiger partial charge >= 0.3 is 0 Å². The SMILES string of the molecule is CCOc1ccc(/C(O)=C2/C(=O)C(=O)N(Cc3ccc(F)cc3)C2c2ccco2)c(OCC)c1. The van der Waals surface area contributed by atoms with Gasteiger partial charge in [0.1, 0.15) is 34.9 Å². The molecule has 0 bridgehead atoms. The minimum Gasteiger partial charge on any atom is -0.507 e. The van der Waals surface area contributed by atoms with Gasteiger partial charge < -0.3 is 23.9 Å². The zero-order valence-corrected chi connectivity index (χ0v) is 18.8. The van der Waals surface area contributed by atoms with Crippen LogP contribution in [-0.2, 0) is 16.1 Å². The van der Waals surface area contributed by atoms with Crippen molar-refractivity contribution in [2.45, 2.75) is 26.4 Å². The van der Waals surface area contributed by atoms with Crippen LogP contribution in [0.2, 0.25) is 0 Å². The van der Waals surface area contributed by atoms with Crippen molar-refractivity contribution in [3.05, 3.63) is 89.1 Å². The molecule has 1 N–H and O–H groups in total. The molecule has 2 heterocycles. The summed E-state index contributed by atoms with van der Waals surface area (Å²) in [5, 5.41) is 11.3. The Kier molecular flexibility index (Phi) is 6.67. The first-order chi connectivity index (χ1) is 16.4. The number of hydrogen-bond acceptors (Lipinski definition) is 6. The normalized spacial score (nSPS) is 17.3. The molecule has 3 aromatic rings. The van der Waals surface area contributed by atoms with E-state index in [1.807, 2.05) is 6.92 Å². The van der Waals surface area contributed by atoms with Crippen LogP contribution in [0.1, 0.15) is 36.8 Å². The van der Waals surface area contributed by atoms with Crippen LogP contribution in [-0.4, -0.2) is 34.9 Å². The number of hydrogen-bond donors (Lipinski definition) is 1. The van der Waals surface area contributed by atoms with E-state index in [1.165, 1.54) is 35.4 Å². The maximum absolute atomic E-state index is 13.4. The minimum atomic E-state index is -0.971. The van der Waals surface area contributed by atoms with E-state index < -0.39 is 23.5 Å². The fourth-order valence-corrected chi connectivity index (χ4v) is 3.95. The van der Waals surface area contributed by atoms with E-state index in [0.29, 0.717) is 36.0 Å². The van der Waals surface area contributed by atoms with E-state index in [4.69, 9.17) is 13.9 Å². The number of benzene rings is 2. The summed E-state index contributed by atoms with van der Waals surface area (Å²) < 4.78 is 30.1. The van der Waals surface area contributed by atoms with Crippen LogP contribution >= 0.6 is 0 Å². The minimum absolute atomic E-state index is 0.0224. The number of ether oxygens (including phenoxy) is 2. The third-order valence-electron chi connectivity index (χ3n) is 5.44. The van der Waals surface area contributed by atoms with Crippen LogP contribution in [0.25, 0.3) is 5.76 Å². The summed E-state index contributed by atoms with van der Waals surface area (Å²) >= 11 is 0. The predicted molar refractivity (Wildman–Crippen MR) is 122 cm³/mol. The highest BCUT2D eigenvalue weighted by Crippen LogP contribution is 2.42. The highest BCUT2D eigenvalue weighted by molar-refractivity contribution is 6.46. The van der Waals surface area contributed by atoms with Gasteiger partial charge in [0, 0.05) is 12.6 Å². The number of aliphatic hydroxyl groups excluding tert-OH is 1. The number of rotatable bonds is 8. The van der Waals surface area contributed by atoms with Crippen molar-refractivity contribution in [3.63, 3.8) is 0 Å². The molecule has 0 aliphatic carbocycles. The Morgan fingerprint density at radius 1 is 1.06 bits per heavy atom. The number of furan rings is 1. The van der Waals surface area contributed by atoms with Crippen molar-refractivity contribution in [2.75, 3.05) is 13.2 Å². The molecule has 1 amide bonds. The summed E-state index contributed by atoms with van der Waals surface area (Å²) in [6.07, 6.45) is 1.43. The van der Waals surface area contributed by atoms with Crippen molar-refractivity contribution in [1.82, 2.24) is 4.90 Å². The van der Waals surface area contributed by atoms with Gasteiger partial charge in [0.2, 0.25) is 0 Å². The lowest BCUT2D eigenvalue weighted by Crippen LogP contribution is -2.29. The molecule has 1 atom stereocenters. The van der Waals surface area contributed by atoms with Gasteiger partial charge in [-0.25, -0.2) is 4.39 Å². The molecular weight excluding hydrogens is 441 g/mol. The molecule has 8 heteroatoms. The summed E-state index contributed by atoms with van der Waals surface area (Å²) in [5.74, 6) is -1.27. The predicted octanol–water partition coefficient (Wildman–Crippen LogP) is 4.84. The highest BCUT2D eigenvalue weighted by Gasteiger charge is 2.47. The number of ketones is 1. The Morgan fingerprint density at radius 2 is 1.79 bits per heavy atom. The Morgan fingerprint density at radius 3 is 2.44 bits per heavy atom. The van der Waals surface area contributed by atoms with Crippen LogP contribution in [0.4, 0.5) is 4.39 Å². The maximum atomic E-state index is 13.4. The molecule has 1 saturated heterocycles. The fraction of sp³-hybridized carbons (Fsp3) is 0.231. The Bertz CT molecular complexity index is 1220. The molecule has 4 rings (SSSR count). The maximum Gasteiger partial charge on any atom is 0.296 e. The van der Waals surface area contributed by atoms with Gasteiger partial charge in [0.25, 0.3) is 11.7 Å². The molecule has 2 aromatic carbocycles. The summed E-state index contributed by atoms with van der Waals surface area (Å²) in [7, 11) is 0. The monoisotopic (exact) mass is 465 g/mol. The van der Waals surface area contributed by atoms with Crippen molar-refractivity contribution < 1.29 is 33.0 Å². The number of amides is 1. The average Bonchev–Trinajstić information content (AvgIpc) is 3.44. The standard InChI is InChI=1S/C26H24FNO6/c1-3-32-18-11-12-19(21(14-18)33-4-2)24(29)22-23(20-6-5-13-34-20)28(26(31)25(22)30)15-16-7-9-17(27)10-8-16/h5-14,23,29H,3-4,15H2,1-2H3/b24-22-. The largest absolute Gasteiger partial charge is 0.507 e. The Labute approximate surface area is 196 Å². The van der Waals surface area contributed by atoms with E-state index in [9.17, 15) is 19.1 Å². The molecule has 34 heavy (non-hydrogen) atoms. The van der Waals surface area contributed by atoms with Gasteiger partial charge in [-0.15, -0.1) is 0 Å². The molecule has 1 aliphatic rings. The fourth-order valence-electron chi connectivity index (χ4n) is 3.95. The lowest BCUT2D eigenvalue weighted by Gasteiger charge is -2.23. The second kappa shape index (κ2) is 9.82. The zero-order chi connectivity index (χ0) is 24.2. The second-order valence-electron chi connectivity index (χ2n) is 7.59. The van der Waals surface area contributed by atoms with E-state index in [0.717, 1.165) is 0 Å². The van der Waals surface area contributed by atoms with Gasteiger partial charge in [-0.05, 0) is 55.8 Å². The van der Waals surface area contributed by atoms with Crippen LogP contribution in [0, 0.1) is 5.82 Å². The van der Waals surface area contributed by atoms with Crippen molar-refractivity contribution in [3.8, 4) is 11.5 Å². The summed E-state index contributed by atoms with van der Waals surface area (Å²) in [6, 6.07) is 12.8. The third kappa shape index (κ3) is 4.39. The molecule has 1 aliphatic heterocycles. The van der Waals surface area contributed by atoms with Gasteiger partial charge in [0.05, 0.1) is 30.6 Å². The smallest absolute Gasteiger partial charge is 0.296 e. The summed E-state index contributed by atoms with van der Waals surface area (Å²) in [5.41, 5.74) is 0.754. The number of likely N-dealkylation sites (tertiary alicyclic amines) is 1. The van der Waals surface area contributed by atoms with E-state index in [2.05, 4.69) is 0 Å². The van der Waals surface area contributed by atoms with E-state index in [1.54, 1.807) is 37.3 Å². The van der Waals surface area contributed by atoms with Crippen LogP contribution in [0.5, 0.6) is 11.5 Å². The number of aliphatic hydroxyl groups is 1. The lowest BCUT2D eigenvalue weighted by atomic mass is 9.98. The number of carbonyl (C=O) groups is 2. The average molecular weight is 465 g/mol. The van der Waals surface area contributed by atoms with Crippen molar-refractivity contribution >= 4 is 17.4 Å². The van der Waals surface area contributed by atoms with Crippen LogP contribution in [0.3, 0.4) is 0 Å². The molecule has 1 aromatic heterocycles. The van der Waals surface area contributed by atoms with Crippen molar-refractivity contribution in [1.29, 1.82) is 0 Å². The molecule has 0 spiro atoms. The first-order valence-electron chi connectivity index (χ1n) is 10.9. The number of nitrogens with zero attached hydrogens (tertiary/aromatic N) is 1. The van der Waals surface area contributed by atoms with Gasteiger partial charge in [-0.2, -0.15) is 0 Å². The van der Waals surface area contributed by atoms with Gasteiger partial charge in [0.15, 0.2) is 0 Å². The van der Waals surface area contributed by atoms with E-state index in [-0.39, 0.29) is 23.4 Å². The Balaban J connectivity index is 1.83. The lowest BCUT2D eigenvalue weighted by molar-refractivity contribution is -0.140. The molecule has 1 unspecified atom stereocenters. The van der Waals surface area contributed by atoms with E-state index >= 15 is 0 Å². The second-order valence-corrected chi connectivity index (χ2v) is 7.59. The molecule has 176 valence electrons. The number of carbonyl (C=O) groups excluding carboxylic acids is 2. The highest BCUT2D eigenvalue weighted by atomic mass is 19.1. The first-order valence-corrected chi connectivity index (χ1v) is 10.9. The Hall–Kier alpha value is -4.07. The quantitative estimate of drug-likeness (QED) is 0.291. The number of Topliss-reactive ketones (excluding diaryl/α,β-unsaturated/α-hetero) is 1. The molecule has 1 fully saturated rings. The molecule has 0 radical (unpaired) electrons. The molecule has 7 nitrogen and oxygen atoms in total. The van der Waals surface area contributed by atoms with Crippen molar-refractivity contribution in [2.24, 2.45) is 0 Å². The topological polar surface area (TPSA) is 89.2 Å². The van der Waals surface area contributed by atoms with Crippen LogP contribution in [0.15, 0.2) is 70.9 Å². The zero-order valence-electron chi connectivity index (χ0n) is 18.8. The number of halogens is 1.